The quantitative estimate of drug-likeness (QED) is 0.143. The lowest BCUT2D eigenvalue weighted by Crippen LogP contribution is -2.56. The Morgan fingerprint density at radius 2 is 0.737 bits per heavy atom. The molecule has 0 aliphatic rings. The second-order valence-corrected chi connectivity index (χ2v) is 14.1. The van der Waals surface area contributed by atoms with E-state index in [2.05, 4.69) is 18.2 Å². The molecule has 8 aromatic carbocycles. The lowest BCUT2D eigenvalue weighted by Gasteiger charge is -2.27. The van der Waals surface area contributed by atoms with Crippen molar-refractivity contribution < 1.29 is 0 Å². The summed E-state index contributed by atoms with van der Waals surface area (Å²) in [6, 6.07) is 31.7. The van der Waals surface area contributed by atoms with Crippen molar-refractivity contribution in [3.05, 3.63) is 97.1 Å². The molecule has 1 heterocycles. The van der Waals surface area contributed by atoms with E-state index in [0.29, 0.717) is 33.4 Å². The third kappa shape index (κ3) is 5.32. The van der Waals surface area contributed by atoms with Crippen LogP contribution < -0.4 is 65.6 Å². The maximum absolute atomic E-state index is 7.08. The molecule has 14 heteroatoms. The lowest BCUT2D eigenvalue weighted by molar-refractivity contribution is 1.12. The smallest absolute Gasteiger partial charge is 0.146 e. The van der Waals surface area contributed by atoms with E-state index in [-0.39, 0.29) is 65.6 Å². The van der Waals surface area contributed by atoms with Crippen molar-refractivity contribution in [2.45, 2.75) is 0 Å². The summed E-state index contributed by atoms with van der Waals surface area (Å²) in [6.07, 6.45) is 0. The Balaban J connectivity index is 1.41. The van der Waals surface area contributed by atoms with Crippen LogP contribution in [-0.2, 0) is 0 Å². The van der Waals surface area contributed by atoms with Gasteiger partial charge in [0, 0.05) is 11.3 Å². The fourth-order valence-electron chi connectivity index (χ4n) is 8.29. The standard InChI is InChI=1S/C43H16B12N2/c44-30-27(31(45)32(46)29-28(30)33(47)35(49)36(50)34(29)48)26-19-11-3-1-9-17(19)25(18-10-2-4-12-20(18)26)21-13-5-6-14-22(21)43-56-23-15-7-8-16-24(23)57(43)42-40(54)38(52)37(51)39(53)41(42)55/h1-16H. The van der Waals surface area contributed by atoms with Crippen molar-refractivity contribution in [3.63, 3.8) is 0 Å². The molecular formula is C43H16B12N2. The van der Waals surface area contributed by atoms with Crippen LogP contribution >= 0.6 is 0 Å². The third-order valence-electron chi connectivity index (χ3n) is 11.1. The van der Waals surface area contributed by atoms with Gasteiger partial charge in [0.1, 0.15) is 100.0 Å². The number of hydrogen-bond acceptors (Lipinski definition) is 1. The zero-order valence-electron chi connectivity index (χ0n) is 30.6. The van der Waals surface area contributed by atoms with E-state index < -0.39 is 0 Å². The number of rotatable bonds is 4. The molecule has 0 fully saturated rings. The lowest BCUT2D eigenvalue weighted by atomic mass is 9.58. The van der Waals surface area contributed by atoms with Gasteiger partial charge in [-0.1, -0.05) is 123 Å². The first-order valence-corrected chi connectivity index (χ1v) is 17.9. The van der Waals surface area contributed by atoms with Gasteiger partial charge in [0.2, 0.25) is 0 Å². The summed E-state index contributed by atoms with van der Waals surface area (Å²) in [4.78, 5) is 5.18. The highest BCUT2D eigenvalue weighted by Crippen LogP contribution is 2.46. The van der Waals surface area contributed by atoms with E-state index in [4.69, 9.17) is 99.1 Å². The zero-order valence-corrected chi connectivity index (χ0v) is 30.6. The molecular weight excluding hydrogens is 674 g/mol. The van der Waals surface area contributed by atoms with E-state index in [9.17, 15) is 0 Å². The number of fused-ring (bicyclic) bond motifs is 4. The minimum atomic E-state index is 0.111. The molecule has 9 aromatic rings. The van der Waals surface area contributed by atoms with E-state index in [1.807, 2.05) is 83.4 Å². The van der Waals surface area contributed by atoms with Gasteiger partial charge < -0.3 is 0 Å². The zero-order chi connectivity index (χ0) is 40.2. The van der Waals surface area contributed by atoms with Crippen LogP contribution in [0.2, 0.25) is 0 Å². The van der Waals surface area contributed by atoms with Crippen molar-refractivity contribution in [1.82, 2.24) is 9.55 Å². The highest BCUT2D eigenvalue weighted by Gasteiger charge is 2.26. The van der Waals surface area contributed by atoms with Crippen molar-refractivity contribution in [1.29, 1.82) is 0 Å². The van der Waals surface area contributed by atoms with Gasteiger partial charge in [-0.2, -0.15) is 0 Å². The van der Waals surface area contributed by atoms with Crippen LogP contribution in [0.15, 0.2) is 97.1 Å². The van der Waals surface area contributed by atoms with E-state index in [1.54, 1.807) is 0 Å². The highest BCUT2D eigenvalue weighted by atomic mass is 15.1. The highest BCUT2D eigenvalue weighted by molar-refractivity contribution is 6.72. The SMILES string of the molecule is [B]c1c([B])c([B])c(-n2c(-c3ccccc3-c3c4ccccc4c(-c4c([B])c([B])c5c([B])c([B])c([B])c([B])c5c4[B])c4ccccc34)nc3ccccc32)c([B])c1[B]. The van der Waals surface area contributed by atoms with Crippen LogP contribution in [0.25, 0.3) is 82.7 Å². The topological polar surface area (TPSA) is 17.8 Å². The maximum Gasteiger partial charge on any atom is 0.146 e. The van der Waals surface area contributed by atoms with E-state index >= 15 is 0 Å². The van der Waals surface area contributed by atoms with Crippen LogP contribution in [0, 0.1) is 0 Å². The van der Waals surface area contributed by atoms with Crippen LogP contribution in [-0.4, -0.2) is 104 Å². The second-order valence-electron chi connectivity index (χ2n) is 14.1. The number of aromatic nitrogens is 2. The van der Waals surface area contributed by atoms with Crippen molar-refractivity contribution in [3.8, 4) is 39.3 Å². The minimum absolute atomic E-state index is 0.111. The molecule has 0 spiro atoms. The second kappa shape index (κ2) is 13.7. The maximum atomic E-state index is 7.08. The minimum Gasteiger partial charge on any atom is -0.294 e. The van der Waals surface area contributed by atoms with Crippen LogP contribution in [0.4, 0.5) is 0 Å². The van der Waals surface area contributed by atoms with Crippen LogP contribution in [0.5, 0.6) is 0 Å². The monoisotopic (exact) mass is 692 g/mol. The molecule has 0 atom stereocenters. The molecule has 0 saturated carbocycles. The summed E-state index contributed by atoms with van der Waals surface area (Å²) in [7, 11) is 78.9. The summed E-state index contributed by atoms with van der Waals surface area (Å²) in [5.74, 6) is 0.548. The predicted octanol–water partition coefficient (Wildman–Crippen LogP) is -2.99. The first kappa shape index (κ1) is 37.4. The number of imidazole rings is 1. The largest absolute Gasteiger partial charge is 0.294 e. The number of hydrogen-bond donors (Lipinski definition) is 0. The van der Waals surface area contributed by atoms with Gasteiger partial charge in [0.15, 0.2) is 0 Å². The van der Waals surface area contributed by atoms with Gasteiger partial charge in [0.05, 0.1) is 11.0 Å². The molecule has 2 nitrogen and oxygen atoms in total. The Labute approximate surface area is 347 Å². The van der Waals surface area contributed by atoms with Gasteiger partial charge in [-0.3, -0.25) is 4.57 Å². The average Bonchev–Trinajstić information content (AvgIpc) is 3.60. The normalized spacial score (nSPS) is 11.6. The van der Waals surface area contributed by atoms with Gasteiger partial charge >= 0.3 is 0 Å². The predicted molar refractivity (Wildman–Crippen MR) is 255 cm³/mol. The summed E-state index contributed by atoms with van der Waals surface area (Å²) in [5, 5.41) is 4.20. The van der Waals surface area contributed by atoms with Gasteiger partial charge in [-0.05, 0) is 66.7 Å². The van der Waals surface area contributed by atoms with Gasteiger partial charge in [-0.15, -0.1) is 27.3 Å². The molecule has 0 unspecified atom stereocenters. The molecule has 0 N–H and O–H groups in total. The Morgan fingerprint density at radius 1 is 0.333 bits per heavy atom. The van der Waals surface area contributed by atoms with Gasteiger partial charge in [0.25, 0.3) is 0 Å². The molecule has 9 rings (SSSR count). The summed E-state index contributed by atoms with van der Waals surface area (Å²) in [5.41, 5.74) is 7.56. The third-order valence-corrected chi connectivity index (χ3v) is 11.1. The fraction of sp³-hybridized carbons (Fsp3) is 0. The molecule has 234 valence electrons. The van der Waals surface area contributed by atoms with Crippen LogP contribution in [0.1, 0.15) is 0 Å². The number of benzene rings is 8. The fourth-order valence-corrected chi connectivity index (χ4v) is 8.29. The molecule has 0 saturated heterocycles. The average molecular weight is 690 g/mol. The molecule has 0 aliphatic heterocycles. The van der Waals surface area contributed by atoms with Crippen molar-refractivity contribution >= 4 is 203 Å². The number of para-hydroxylation sites is 2. The first-order chi connectivity index (χ1) is 27.3. The molecule has 0 aliphatic carbocycles. The molecule has 57 heavy (non-hydrogen) atoms. The van der Waals surface area contributed by atoms with E-state index in [0.717, 1.165) is 49.3 Å². The molecule has 0 amide bonds. The molecule has 0 bridgehead atoms. The van der Waals surface area contributed by atoms with Crippen molar-refractivity contribution in [2.75, 3.05) is 0 Å². The Kier molecular flexibility index (Phi) is 9.00. The Bertz CT molecular complexity index is 3140. The van der Waals surface area contributed by atoms with E-state index in [1.165, 1.54) is 0 Å². The summed E-state index contributed by atoms with van der Waals surface area (Å²) < 4.78 is 1.89. The van der Waals surface area contributed by atoms with Gasteiger partial charge in [-0.25, -0.2) is 4.98 Å². The summed E-state index contributed by atoms with van der Waals surface area (Å²) in [6.45, 7) is 0. The first-order valence-electron chi connectivity index (χ1n) is 17.9. The van der Waals surface area contributed by atoms with Crippen molar-refractivity contribution in [2.24, 2.45) is 0 Å². The van der Waals surface area contributed by atoms with Crippen LogP contribution in [0.3, 0.4) is 0 Å². The Morgan fingerprint density at radius 3 is 1.30 bits per heavy atom. The number of nitrogens with zero attached hydrogens (tertiary/aromatic N) is 2. The Hall–Kier alpha value is -5.21. The molecule has 1 aromatic heterocycles. The molecule has 24 radical (unpaired) electrons. The summed E-state index contributed by atoms with van der Waals surface area (Å²) >= 11 is 0.